The van der Waals surface area contributed by atoms with Gasteiger partial charge in [-0.05, 0) is 76.1 Å². The molecular formula is C29H27BrClNO4. The van der Waals surface area contributed by atoms with E-state index in [1.807, 2.05) is 49.4 Å². The third kappa shape index (κ3) is 4.37. The number of carbonyl (C=O) groups is 1. The molecule has 0 spiro atoms. The van der Waals surface area contributed by atoms with Crippen LogP contribution in [0.1, 0.15) is 51.0 Å². The van der Waals surface area contributed by atoms with Gasteiger partial charge in [-0.2, -0.15) is 0 Å². The molecule has 5 rings (SSSR count). The van der Waals surface area contributed by atoms with Crippen LogP contribution >= 0.6 is 27.5 Å². The van der Waals surface area contributed by atoms with Crippen LogP contribution in [-0.2, 0) is 11.3 Å². The summed E-state index contributed by atoms with van der Waals surface area (Å²) >= 11 is 10.0. The third-order valence-corrected chi connectivity index (χ3v) is 8.10. The van der Waals surface area contributed by atoms with Crippen molar-refractivity contribution in [1.29, 1.82) is 0 Å². The van der Waals surface area contributed by atoms with Crippen LogP contribution in [-0.4, -0.2) is 20.2 Å². The van der Waals surface area contributed by atoms with Crippen LogP contribution in [0.5, 0.6) is 11.5 Å². The summed E-state index contributed by atoms with van der Waals surface area (Å²) in [6.45, 7) is 2.30. The summed E-state index contributed by atoms with van der Waals surface area (Å²) in [7, 11) is 3.05. The van der Waals surface area contributed by atoms with Gasteiger partial charge in [0.2, 0.25) is 0 Å². The molecule has 0 radical (unpaired) electrons. The molecule has 186 valence electrons. The van der Waals surface area contributed by atoms with E-state index in [2.05, 4.69) is 39.5 Å². The van der Waals surface area contributed by atoms with Crippen LogP contribution in [0.2, 0.25) is 5.02 Å². The Balaban J connectivity index is 1.50. The van der Waals surface area contributed by atoms with E-state index in [1.54, 1.807) is 7.11 Å². The number of esters is 1. The number of anilines is 1. The number of methoxy groups -OCH3 is 2. The van der Waals surface area contributed by atoms with Crippen LogP contribution in [0.25, 0.3) is 0 Å². The number of allylic oxidation sites excluding steroid dienone is 2. The molecule has 7 heteroatoms. The number of nitrogens with one attached hydrogen (secondary N) is 1. The Labute approximate surface area is 224 Å². The van der Waals surface area contributed by atoms with E-state index in [9.17, 15) is 4.79 Å². The Morgan fingerprint density at radius 3 is 2.72 bits per heavy atom. The van der Waals surface area contributed by atoms with Crippen molar-refractivity contribution >= 4 is 39.2 Å². The van der Waals surface area contributed by atoms with Gasteiger partial charge in [0.05, 0.1) is 30.3 Å². The minimum absolute atomic E-state index is 0.0203. The average molecular weight is 569 g/mol. The first-order chi connectivity index (χ1) is 17.4. The lowest BCUT2D eigenvalue weighted by Crippen LogP contribution is -2.30. The van der Waals surface area contributed by atoms with Gasteiger partial charge in [-0.25, -0.2) is 4.79 Å². The van der Waals surface area contributed by atoms with Gasteiger partial charge in [0.15, 0.2) is 11.5 Å². The molecular weight excluding hydrogens is 542 g/mol. The van der Waals surface area contributed by atoms with E-state index in [4.69, 9.17) is 25.8 Å². The van der Waals surface area contributed by atoms with E-state index in [0.717, 1.165) is 33.3 Å². The summed E-state index contributed by atoms with van der Waals surface area (Å²) < 4.78 is 17.7. The molecule has 1 heterocycles. The lowest BCUT2D eigenvalue weighted by Gasteiger charge is -2.39. The second-order valence-corrected chi connectivity index (χ2v) is 10.3. The van der Waals surface area contributed by atoms with Crippen molar-refractivity contribution in [2.24, 2.45) is 5.92 Å². The SMILES string of the molecule is COC(=O)c1ccc2c(c1C)N[C@H](c1cc(Br)c(OCc3ccccc3Cl)c(OC)c1)[C@H]1CC=C[C@@H]21. The topological polar surface area (TPSA) is 56.8 Å². The Bertz CT molecular complexity index is 1360. The highest BCUT2D eigenvalue weighted by molar-refractivity contribution is 9.10. The molecule has 5 nitrogen and oxygen atoms in total. The number of halogens is 2. The summed E-state index contributed by atoms with van der Waals surface area (Å²) in [4.78, 5) is 12.3. The summed E-state index contributed by atoms with van der Waals surface area (Å²) in [6, 6.07) is 15.7. The summed E-state index contributed by atoms with van der Waals surface area (Å²) in [5.74, 6) is 1.54. The maximum Gasteiger partial charge on any atom is 0.338 e. The molecule has 0 aromatic heterocycles. The molecule has 0 saturated heterocycles. The minimum atomic E-state index is -0.331. The minimum Gasteiger partial charge on any atom is -0.493 e. The first-order valence-corrected chi connectivity index (χ1v) is 13.0. The molecule has 1 N–H and O–H groups in total. The van der Waals surface area contributed by atoms with Crippen molar-refractivity contribution in [1.82, 2.24) is 0 Å². The fraction of sp³-hybridized carbons (Fsp3) is 0.276. The van der Waals surface area contributed by atoms with E-state index >= 15 is 0 Å². The van der Waals surface area contributed by atoms with Crippen molar-refractivity contribution in [2.75, 3.05) is 19.5 Å². The molecule has 0 saturated carbocycles. The zero-order chi connectivity index (χ0) is 25.4. The van der Waals surface area contributed by atoms with E-state index < -0.39 is 0 Å². The fourth-order valence-electron chi connectivity index (χ4n) is 5.30. The van der Waals surface area contributed by atoms with E-state index in [-0.39, 0.29) is 17.9 Å². The zero-order valence-electron chi connectivity index (χ0n) is 20.3. The number of ether oxygens (including phenoxy) is 3. The predicted molar refractivity (Wildman–Crippen MR) is 145 cm³/mol. The molecule has 3 aromatic carbocycles. The van der Waals surface area contributed by atoms with Gasteiger partial charge >= 0.3 is 5.97 Å². The standard InChI is InChI=1S/C29H27BrClNO4/c1-16-19(29(33)35-3)11-12-22-20-8-6-9-21(20)27(32-26(16)22)18-13-23(30)28(25(14-18)34-2)36-15-17-7-4-5-10-24(17)31/h4-8,10-14,20-21,27,32H,9,15H2,1-3H3/t20-,21+,27-/m1/s1. The molecule has 1 aliphatic carbocycles. The number of hydrogen-bond acceptors (Lipinski definition) is 5. The van der Waals surface area contributed by atoms with Gasteiger partial charge in [-0.15, -0.1) is 0 Å². The zero-order valence-corrected chi connectivity index (χ0v) is 22.7. The maximum absolute atomic E-state index is 12.3. The molecule has 3 aromatic rings. The maximum atomic E-state index is 12.3. The number of rotatable bonds is 6. The van der Waals surface area contributed by atoms with Gasteiger partial charge in [0, 0.05) is 22.2 Å². The van der Waals surface area contributed by atoms with Crippen molar-refractivity contribution in [2.45, 2.75) is 31.9 Å². The highest BCUT2D eigenvalue weighted by atomic mass is 79.9. The third-order valence-electron chi connectivity index (χ3n) is 7.14. The Morgan fingerprint density at radius 2 is 1.97 bits per heavy atom. The smallest absolute Gasteiger partial charge is 0.338 e. The Kier molecular flexibility index (Phi) is 7.00. The molecule has 0 fully saturated rings. The number of carbonyl (C=O) groups excluding carboxylic acids is 1. The fourth-order valence-corrected chi connectivity index (χ4v) is 6.06. The molecule has 3 atom stereocenters. The van der Waals surface area contributed by atoms with Gasteiger partial charge in [0.1, 0.15) is 6.61 Å². The van der Waals surface area contributed by atoms with Crippen molar-refractivity contribution in [3.8, 4) is 11.5 Å². The predicted octanol–water partition coefficient (Wildman–Crippen LogP) is 7.61. The summed E-state index contributed by atoms with van der Waals surface area (Å²) in [6.07, 6.45) is 5.49. The lowest BCUT2D eigenvalue weighted by atomic mass is 9.76. The van der Waals surface area contributed by atoms with Gasteiger partial charge in [-0.1, -0.05) is 48.0 Å². The van der Waals surface area contributed by atoms with Crippen LogP contribution in [0.15, 0.2) is 65.2 Å². The first kappa shape index (κ1) is 24.7. The quantitative estimate of drug-likeness (QED) is 0.245. The molecule has 0 unspecified atom stereocenters. The monoisotopic (exact) mass is 567 g/mol. The highest BCUT2D eigenvalue weighted by Gasteiger charge is 2.39. The van der Waals surface area contributed by atoms with Crippen LogP contribution in [0.3, 0.4) is 0 Å². The van der Waals surface area contributed by atoms with Crippen LogP contribution < -0.4 is 14.8 Å². The van der Waals surface area contributed by atoms with E-state index in [1.165, 1.54) is 12.7 Å². The van der Waals surface area contributed by atoms with Gasteiger partial charge < -0.3 is 19.5 Å². The summed E-state index contributed by atoms with van der Waals surface area (Å²) in [5.41, 5.74) is 5.65. The van der Waals surface area contributed by atoms with Crippen molar-refractivity contribution in [3.05, 3.63) is 98.0 Å². The lowest BCUT2D eigenvalue weighted by molar-refractivity contribution is 0.0600. The highest BCUT2D eigenvalue weighted by Crippen LogP contribution is 2.52. The van der Waals surface area contributed by atoms with Crippen molar-refractivity contribution in [3.63, 3.8) is 0 Å². The number of benzene rings is 3. The molecule has 36 heavy (non-hydrogen) atoms. The molecule has 0 bridgehead atoms. The second-order valence-electron chi connectivity index (χ2n) is 9.08. The van der Waals surface area contributed by atoms with Gasteiger partial charge in [0.25, 0.3) is 0 Å². The first-order valence-electron chi connectivity index (χ1n) is 11.8. The Hall–Kier alpha value is -2.96. The molecule has 1 aliphatic heterocycles. The Morgan fingerprint density at radius 1 is 1.17 bits per heavy atom. The second kappa shape index (κ2) is 10.2. The summed E-state index contributed by atoms with van der Waals surface area (Å²) in [5, 5.41) is 4.42. The van der Waals surface area contributed by atoms with Gasteiger partial charge in [-0.3, -0.25) is 0 Å². The average Bonchev–Trinajstić information content (AvgIpc) is 3.38. The van der Waals surface area contributed by atoms with Crippen molar-refractivity contribution < 1.29 is 19.0 Å². The molecule has 0 amide bonds. The number of fused-ring (bicyclic) bond motifs is 3. The molecule has 2 aliphatic rings. The van der Waals surface area contributed by atoms with Crippen LogP contribution in [0.4, 0.5) is 5.69 Å². The van der Waals surface area contributed by atoms with E-state index in [0.29, 0.717) is 34.6 Å². The normalized spacial score (nSPS) is 19.8. The largest absolute Gasteiger partial charge is 0.493 e. The van der Waals surface area contributed by atoms with Crippen LogP contribution in [0, 0.1) is 12.8 Å². The number of hydrogen-bond donors (Lipinski definition) is 1.